The van der Waals surface area contributed by atoms with Crippen LogP contribution in [0, 0.1) is 5.82 Å². The third kappa shape index (κ3) is 3.73. The summed E-state index contributed by atoms with van der Waals surface area (Å²) in [6.07, 6.45) is 4.63. The van der Waals surface area contributed by atoms with Crippen molar-refractivity contribution < 1.29 is 13.9 Å². The van der Waals surface area contributed by atoms with Gasteiger partial charge in [0.05, 0.1) is 24.6 Å². The molecule has 1 unspecified atom stereocenters. The first-order valence-electron chi connectivity index (χ1n) is 6.69. The van der Waals surface area contributed by atoms with Gasteiger partial charge < -0.3 is 20.5 Å². The molecule has 4 nitrogen and oxygen atoms in total. The molecule has 1 aliphatic rings. The zero-order valence-electron chi connectivity index (χ0n) is 11.2. The highest BCUT2D eigenvalue weighted by atomic mass is 19.1. The SMILES string of the molecule is COc1cc(NCCC2CCCCO2)c(F)cc1N. The van der Waals surface area contributed by atoms with Crippen LogP contribution in [0.2, 0.25) is 0 Å². The van der Waals surface area contributed by atoms with E-state index in [1.54, 1.807) is 6.07 Å². The molecule has 1 heterocycles. The summed E-state index contributed by atoms with van der Waals surface area (Å²) in [5.74, 6) is 0.126. The van der Waals surface area contributed by atoms with Crippen LogP contribution in [0.4, 0.5) is 15.8 Å². The van der Waals surface area contributed by atoms with E-state index in [0.717, 1.165) is 25.9 Å². The number of benzene rings is 1. The summed E-state index contributed by atoms with van der Waals surface area (Å²) in [5.41, 5.74) is 6.36. The van der Waals surface area contributed by atoms with E-state index in [-0.39, 0.29) is 5.82 Å². The first-order valence-corrected chi connectivity index (χ1v) is 6.69. The smallest absolute Gasteiger partial charge is 0.148 e. The van der Waals surface area contributed by atoms with E-state index in [4.69, 9.17) is 15.2 Å². The van der Waals surface area contributed by atoms with Crippen LogP contribution in [0.25, 0.3) is 0 Å². The van der Waals surface area contributed by atoms with E-state index in [9.17, 15) is 4.39 Å². The molecule has 1 saturated heterocycles. The van der Waals surface area contributed by atoms with Gasteiger partial charge in [0.2, 0.25) is 0 Å². The molecule has 5 heteroatoms. The highest BCUT2D eigenvalue weighted by Crippen LogP contribution is 2.28. The van der Waals surface area contributed by atoms with E-state index in [2.05, 4.69) is 5.32 Å². The summed E-state index contributed by atoms with van der Waals surface area (Å²) in [4.78, 5) is 0. The molecule has 1 aromatic rings. The number of anilines is 2. The second-order valence-corrected chi connectivity index (χ2v) is 4.78. The quantitative estimate of drug-likeness (QED) is 0.806. The van der Waals surface area contributed by atoms with Gasteiger partial charge in [-0.2, -0.15) is 0 Å². The number of nitrogens with two attached hydrogens (primary N) is 1. The average Bonchev–Trinajstić information content (AvgIpc) is 2.42. The van der Waals surface area contributed by atoms with Gasteiger partial charge in [-0.05, 0) is 25.7 Å². The Morgan fingerprint density at radius 2 is 2.32 bits per heavy atom. The summed E-state index contributed by atoms with van der Waals surface area (Å²) in [5, 5.41) is 3.07. The van der Waals surface area contributed by atoms with Gasteiger partial charge in [-0.15, -0.1) is 0 Å². The summed E-state index contributed by atoms with van der Waals surface area (Å²) in [6.45, 7) is 1.52. The minimum atomic E-state index is -0.358. The monoisotopic (exact) mass is 268 g/mol. The zero-order chi connectivity index (χ0) is 13.7. The Labute approximate surface area is 113 Å². The first kappa shape index (κ1) is 13.9. The van der Waals surface area contributed by atoms with Gasteiger partial charge in [-0.3, -0.25) is 0 Å². The van der Waals surface area contributed by atoms with Crippen molar-refractivity contribution in [3.05, 3.63) is 17.9 Å². The molecule has 1 aromatic carbocycles. The molecule has 106 valence electrons. The van der Waals surface area contributed by atoms with Crippen LogP contribution >= 0.6 is 0 Å². The molecule has 0 spiro atoms. The zero-order valence-corrected chi connectivity index (χ0v) is 11.2. The Balaban J connectivity index is 1.88. The van der Waals surface area contributed by atoms with Gasteiger partial charge in [0, 0.05) is 25.3 Å². The second-order valence-electron chi connectivity index (χ2n) is 4.78. The van der Waals surface area contributed by atoms with Gasteiger partial charge in [0.15, 0.2) is 0 Å². The largest absolute Gasteiger partial charge is 0.495 e. The highest BCUT2D eigenvalue weighted by Gasteiger charge is 2.14. The minimum Gasteiger partial charge on any atom is -0.495 e. The Hall–Kier alpha value is -1.49. The van der Waals surface area contributed by atoms with Crippen molar-refractivity contribution in [2.75, 3.05) is 31.3 Å². The normalized spacial score (nSPS) is 19.2. The number of ether oxygens (including phenoxy) is 2. The fourth-order valence-electron chi connectivity index (χ4n) is 2.28. The Morgan fingerprint density at radius 1 is 1.47 bits per heavy atom. The van der Waals surface area contributed by atoms with E-state index in [0.29, 0.717) is 29.8 Å². The second kappa shape index (κ2) is 6.61. The summed E-state index contributed by atoms with van der Waals surface area (Å²) >= 11 is 0. The molecular weight excluding hydrogens is 247 g/mol. The number of rotatable bonds is 5. The van der Waals surface area contributed by atoms with Crippen molar-refractivity contribution in [1.29, 1.82) is 0 Å². The van der Waals surface area contributed by atoms with Gasteiger partial charge in [-0.25, -0.2) is 4.39 Å². The average molecular weight is 268 g/mol. The highest BCUT2D eigenvalue weighted by molar-refractivity contribution is 5.62. The predicted octanol–water partition coefficient (Wildman–Crippen LogP) is 2.79. The molecule has 0 aliphatic carbocycles. The lowest BCUT2D eigenvalue weighted by Gasteiger charge is -2.22. The van der Waals surface area contributed by atoms with Gasteiger partial charge in [0.1, 0.15) is 11.6 Å². The molecule has 2 rings (SSSR count). The van der Waals surface area contributed by atoms with Gasteiger partial charge in [0.25, 0.3) is 0 Å². The topological polar surface area (TPSA) is 56.5 Å². The Morgan fingerprint density at radius 3 is 3.00 bits per heavy atom. The number of nitrogen functional groups attached to an aromatic ring is 1. The van der Waals surface area contributed by atoms with Crippen molar-refractivity contribution in [1.82, 2.24) is 0 Å². The summed E-state index contributed by atoms with van der Waals surface area (Å²) in [6, 6.07) is 2.87. The van der Waals surface area contributed by atoms with Crippen LogP contribution in [-0.2, 0) is 4.74 Å². The van der Waals surface area contributed by atoms with Crippen molar-refractivity contribution in [2.45, 2.75) is 31.8 Å². The number of halogens is 1. The summed E-state index contributed by atoms with van der Waals surface area (Å²) < 4.78 is 24.4. The Bertz CT molecular complexity index is 420. The molecule has 1 aliphatic heterocycles. The van der Waals surface area contributed by atoms with Crippen LogP contribution in [0.15, 0.2) is 12.1 Å². The first-order chi connectivity index (χ1) is 9.20. The Kier molecular flexibility index (Phi) is 4.85. The summed E-state index contributed by atoms with van der Waals surface area (Å²) in [7, 11) is 1.52. The maximum atomic E-state index is 13.7. The standard InChI is InChI=1S/C14H21FN2O2/c1-18-14-9-13(11(15)8-12(14)16)17-6-5-10-4-2-3-7-19-10/h8-10,17H,2-7,16H2,1H3. The van der Waals surface area contributed by atoms with E-state index in [1.807, 2.05) is 0 Å². The molecule has 0 amide bonds. The molecule has 0 bridgehead atoms. The molecular formula is C14H21FN2O2. The van der Waals surface area contributed by atoms with Crippen molar-refractivity contribution in [3.8, 4) is 5.75 Å². The van der Waals surface area contributed by atoms with E-state index < -0.39 is 0 Å². The van der Waals surface area contributed by atoms with Crippen LogP contribution < -0.4 is 15.8 Å². The molecule has 1 fully saturated rings. The molecule has 19 heavy (non-hydrogen) atoms. The lowest BCUT2D eigenvalue weighted by molar-refractivity contribution is 0.0134. The molecule has 3 N–H and O–H groups in total. The van der Waals surface area contributed by atoms with Crippen molar-refractivity contribution >= 4 is 11.4 Å². The molecule has 0 radical (unpaired) electrons. The van der Waals surface area contributed by atoms with Crippen LogP contribution in [0.1, 0.15) is 25.7 Å². The van der Waals surface area contributed by atoms with Crippen molar-refractivity contribution in [2.24, 2.45) is 0 Å². The van der Waals surface area contributed by atoms with Gasteiger partial charge in [-0.1, -0.05) is 0 Å². The number of hydrogen-bond acceptors (Lipinski definition) is 4. The molecule has 0 aromatic heterocycles. The van der Waals surface area contributed by atoms with Gasteiger partial charge >= 0.3 is 0 Å². The molecule has 0 saturated carbocycles. The van der Waals surface area contributed by atoms with E-state index in [1.165, 1.54) is 19.6 Å². The van der Waals surface area contributed by atoms with Crippen molar-refractivity contribution in [3.63, 3.8) is 0 Å². The minimum absolute atomic E-state index is 0.292. The van der Waals surface area contributed by atoms with E-state index >= 15 is 0 Å². The lowest BCUT2D eigenvalue weighted by Crippen LogP contribution is -2.22. The third-order valence-corrected chi connectivity index (χ3v) is 3.38. The van der Waals surface area contributed by atoms with Crippen LogP contribution in [0.3, 0.4) is 0 Å². The lowest BCUT2D eigenvalue weighted by atomic mass is 10.1. The fourth-order valence-corrected chi connectivity index (χ4v) is 2.28. The maximum Gasteiger partial charge on any atom is 0.148 e. The van der Waals surface area contributed by atoms with Crippen LogP contribution in [0.5, 0.6) is 5.75 Å². The number of nitrogens with one attached hydrogen (secondary N) is 1. The van der Waals surface area contributed by atoms with Crippen LogP contribution in [-0.4, -0.2) is 26.4 Å². The number of methoxy groups -OCH3 is 1. The fraction of sp³-hybridized carbons (Fsp3) is 0.571. The maximum absolute atomic E-state index is 13.7. The predicted molar refractivity (Wildman–Crippen MR) is 74.1 cm³/mol. The number of hydrogen-bond donors (Lipinski definition) is 2. The third-order valence-electron chi connectivity index (χ3n) is 3.38. The molecule has 1 atom stereocenters.